The number of aryl methyl sites for hydroxylation is 3. The third-order valence-electron chi connectivity index (χ3n) is 3.94. The van der Waals surface area contributed by atoms with Gasteiger partial charge in [-0.2, -0.15) is 5.10 Å². The summed E-state index contributed by atoms with van der Waals surface area (Å²) in [5.41, 5.74) is 3.94. The first-order valence-electron chi connectivity index (χ1n) is 7.33. The minimum atomic E-state index is 0. The Balaban J connectivity index is 0.00000176. The molecule has 3 rings (SSSR count). The molecule has 0 spiro atoms. The third-order valence-corrected chi connectivity index (χ3v) is 3.94. The van der Waals surface area contributed by atoms with E-state index in [1.807, 2.05) is 31.7 Å². The van der Waals surface area contributed by atoms with Crippen LogP contribution in [0.4, 0.5) is 0 Å². The first-order chi connectivity index (χ1) is 9.97. The summed E-state index contributed by atoms with van der Waals surface area (Å²) in [4.78, 5) is 19.3. The quantitative estimate of drug-likeness (QED) is 0.864. The van der Waals surface area contributed by atoms with Gasteiger partial charge in [0.25, 0.3) is 5.91 Å². The summed E-state index contributed by atoms with van der Waals surface area (Å²) in [6.07, 6.45) is 0. The van der Waals surface area contributed by atoms with Gasteiger partial charge in [0.1, 0.15) is 5.56 Å². The molecule has 1 saturated heterocycles. The van der Waals surface area contributed by atoms with Crippen molar-refractivity contribution in [1.82, 2.24) is 24.8 Å². The molecule has 0 aromatic carbocycles. The highest BCUT2D eigenvalue weighted by Gasteiger charge is 2.27. The molecule has 6 nitrogen and oxygen atoms in total. The Kier molecular flexibility index (Phi) is 4.72. The molecule has 1 aliphatic rings. The SMILES string of the molecule is Cc1cc(C)n2nc(C)c(C(=O)N3CCNC(C)C3)c2n1.Cl. The average Bonchev–Trinajstić information content (AvgIpc) is 2.74. The van der Waals surface area contributed by atoms with Crippen LogP contribution in [0, 0.1) is 20.8 Å². The molecule has 1 amide bonds. The number of rotatable bonds is 1. The van der Waals surface area contributed by atoms with E-state index in [1.54, 1.807) is 4.52 Å². The highest BCUT2D eigenvalue weighted by Crippen LogP contribution is 2.19. The van der Waals surface area contributed by atoms with E-state index < -0.39 is 0 Å². The van der Waals surface area contributed by atoms with E-state index in [4.69, 9.17) is 0 Å². The van der Waals surface area contributed by atoms with E-state index in [9.17, 15) is 4.79 Å². The van der Waals surface area contributed by atoms with E-state index >= 15 is 0 Å². The van der Waals surface area contributed by atoms with Gasteiger partial charge in [-0.1, -0.05) is 0 Å². The second kappa shape index (κ2) is 6.22. The second-order valence-electron chi connectivity index (χ2n) is 5.84. The van der Waals surface area contributed by atoms with Gasteiger partial charge in [0.15, 0.2) is 5.65 Å². The number of amides is 1. The van der Waals surface area contributed by atoms with Gasteiger partial charge in [0, 0.05) is 37.1 Å². The van der Waals surface area contributed by atoms with E-state index in [-0.39, 0.29) is 18.3 Å². The molecular weight excluding hydrogens is 302 g/mol. The number of nitrogens with zero attached hydrogens (tertiary/aromatic N) is 4. The molecule has 0 aliphatic carbocycles. The fourth-order valence-corrected chi connectivity index (χ4v) is 2.95. The predicted octanol–water partition coefficient (Wildman–Crippen LogP) is 1.51. The molecule has 7 heteroatoms. The van der Waals surface area contributed by atoms with Crippen LogP contribution in [0.1, 0.15) is 34.4 Å². The van der Waals surface area contributed by atoms with Gasteiger partial charge < -0.3 is 10.2 Å². The Morgan fingerprint density at radius 3 is 2.77 bits per heavy atom. The number of hydrogen-bond acceptors (Lipinski definition) is 4. The number of halogens is 1. The first kappa shape index (κ1) is 16.7. The van der Waals surface area contributed by atoms with Crippen molar-refractivity contribution in [3.8, 4) is 0 Å². The topological polar surface area (TPSA) is 62.5 Å². The molecular formula is C15H22ClN5O. The van der Waals surface area contributed by atoms with Crippen molar-refractivity contribution in [2.24, 2.45) is 0 Å². The average molecular weight is 324 g/mol. The lowest BCUT2D eigenvalue weighted by atomic mass is 10.1. The highest BCUT2D eigenvalue weighted by molar-refractivity contribution is 6.01. The van der Waals surface area contributed by atoms with Crippen LogP contribution in [0.5, 0.6) is 0 Å². The molecule has 1 aliphatic heterocycles. The normalized spacial score (nSPS) is 18.4. The summed E-state index contributed by atoms with van der Waals surface area (Å²) in [6, 6.07) is 2.29. The molecule has 120 valence electrons. The minimum Gasteiger partial charge on any atom is -0.336 e. The summed E-state index contributed by atoms with van der Waals surface area (Å²) in [5.74, 6) is 0.0355. The van der Waals surface area contributed by atoms with Crippen LogP contribution in [0.2, 0.25) is 0 Å². The van der Waals surface area contributed by atoms with E-state index in [0.717, 1.165) is 36.7 Å². The number of nitrogens with one attached hydrogen (secondary N) is 1. The van der Waals surface area contributed by atoms with Crippen LogP contribution in [-0.2, 0) is 0 Å². The summed E-state index contributed by atoms with van der Waals surface area (Å²) >= 11 is 0. The second-order valence-corrected chi connectivity index (χ2v) is 5.84. The van der Waals surface area contributed by atoms with Crippen molar-refractivity contribution < 1.29 is 4.79 Å². The number of piperazine rings is 1. The molecule has 1 unspecified atom stereocenters. The van der Waals surface area contributed by atoms with E-state index in [2.05, 4.69) is 22.3 Å². The molecule has 2 aromatic rings. The Morgan fingerprint density at radius 1 is 1.36 bits per heavy atom. The lowest BCUT2D eigenvalue weighted by Gasteiger charge is -2.31. The standard InChI is InChI=1S/C15H21N5O.ClH/c1-9-7-11(3)20-14(17-9)13(12(4)18-20)15(21)19-6-5-16-10(2)8-19;/h7,10,16H,5-6,8H2,1-4H3;1H. The van der Waals surface area contributed by atoms with Crippen molar-refractivity contribution in [3.63, 3.8) is 0 Å². The van der Waals surface area contributed by atoms with Crippen LogP contribution in [-0.4, -0.2) is 51.1 Å². The summed E-state index contributed by atoms with van der Waals surface area (Å²) in [5, 5.41) is 7.83. The lowest BCUT2D eigenvalue weighted by molar-refractivity contribution is 0.0710. The maximum absolute atomic E-state index is 12.9. The van der Waals surface area contributed by atoms with Crippen molar-refractivity contribution in [2.45, 2.75) is 33.7 Å². The molecule has 0 bridgehead atoms. The Bertz CT molecular complexity index is 712. The molecule has 2 aromatic heterocycles. The maximum atomic E-state index is 12.9. The van der Waals surface area contributed by atoms with Crippen molar-refractivity contribution in [2.75, 3.05) is 19.6 Å². The zero-order valence-electron chi connectivity index (χ0n) is 13.4. The zero-order chi connectivity index (χ0) is 15.1. The van der Waals surface area contributed by atoms with Crippen LogP contribution in [0.15, 0.2) is 6.07 Å². The molecule has 3 heterocycles. The summed E-state index contributed by atoms with van der Waals surface area (Å²) in [7, 11) is 0. The monoisotopic (exact) mass is 323 g/mol. The van der Waals surface area contributed by atoms with E-state index in [0.29, 0.717) is 17.3 Å². The fraction of sp³-hybridized carbons (Fsp3) is 0.533. The minimum absolute atomic E-state index is 0. The van der Waals surface area contributed by atoms with Crippen LogP contribution in [0.3, 0.4) is 0 Å². The molecule has 1 fully saturated rings. The third kappa shape index (κ3) is 2.80. The highest BCUT2D eigenvalue weighted by atomic mass is 35.5. The fourth-order valence-electron chi connectivity index (χ4n) is 2.95. The van der Waals surface area contributed by atoms with Gasteiger partial charge in [0.05, 0.1) is 5.69 Å². The van der Waals surface area contributed by atoms with Gasteiger partial charge in [0.2, 0.25) is 0 Å². The first-order valence-corrected chi connectivity index (χ1v) is 7.33. The summed E-state index contributed by atoms with van der Waals surface area (Å²) < 4.78 is 1.77. The predicted molar refractivity (Wildman–Crippen MR) is 87.8 cm³/mol. The molecule has 1 atom stereocenters. The molecule has 1 N–H and O–H groups in total. The van der Waals surface area contributed by atoms with Crippen LogP contribution < -0.4 is 5.32 Å². The molecule has 22 heavy (non-hydrogen) atoms. The maximum Gasteiger partial charge on any atom is 0.259 e. The summed E-state index contributed by atoms with van der Waals surface area (Å²) in [6.45, 7) is 10.2. The van der Waals surface area contributed by atoms with Crippen molar-refractivity contribution in [3.05, 3.63) is 28.7 Å². The van der Waals surface area contributed by atoms with Crippen LogP contribution in [0.25, 0.3) is 5.65 Å². The van der Waals surface area contributed by atoms with Gasteiger partial charge in [-0.05, 0) is 33.8 Å². The number of hydrogen-bond donors (Lipinski definition) is 1. The number of carbonyl (C=O) groups is 1. The Morgan fingerprint density at radius 2 is 2.09 bits per heavy atom. The zero-order valence-corrected chi connectivity index (χ0v) is 14.2. The van der Waals surface area contributed by atoms with Gasteiger partial charge in [-0.15, -0.1) is 12.4 Å². The molecule has 0 saturated carbocycles. The smallest absolute Gasteiger partial charge is 0.259 e. The number of carbonyl (C=O) groups excluding carboxylic acids is 1. The van der Waals surface area contributed by atoms with Crippen molar-refractivity contribution in [1.29, 1.82) is 0 Å². The van der Waals surface area contributed by atoms with Crippen LogP contribution >= 0.6 is 12.4 Å². The van der Waals surface area contributed by atoms with Gasteiger partial charge in [-0.25, -0.2) is 9.50 Å². The Labute approximate surface area is 136 Å². The molecule has 0 radical (unpaired) electrons. The van der Waals surface area contributed by atoms with E-state index in [1.165, 1.54) is 0 Å². The number of fused-ring (bicyclic) bond motifs is 1. The Hall–Kier alpha value is -1.66. The van der Waals surface area contributed by atoms with Gasteiger partial charge >= 0.3 is 0 Å². The van der Waals surface area contributed by atoms with Crippen molar-refractivity contribution >= 4 is 24.0 Å². The lowest BCUT2D eigenvalue weighted by Crippen LogP contribution is -2.51. The number of aromatic nitrogens is 3. The van der Waals surface area contributed by atoms with Gasteiger partial charge in [-0.3, -0.25) is 4.79 Å². The largest absolute Gasteiger partial charge is 0.336 e.